The summed E-state index contributed by atoms with van der Waals surface area (Å²) in [5.74, 6) is -0.477. The first-order valence-electron chi connectivity index (χ1n) is 6.82. The standard InChI is InChI=1S/C16H19NO4/c1-10-4-5-13-12(9-21-16(13)11(10)2)8-14(18)17-7-6-15(19)20-3/h4-5,9H,6-8H2,1-3H3,(H,17,18). The van der Waals surface area contributed by atoms with Crippen molar-refractivity contribution in [3.63, 3.8) is 0 Å². The van der Waals surface area contributed by atoms with Crippen LogP contribution >= 0.6 is 0 Å². The van der Waals surface area contributed by atoms with Gasteiger partial charge in [0.25, 0.3) is 0 Å². The van der Waals surface area contributed by atoms with Gasteiger partial charge in [-0.25, -0.2) is 0 Å². The van der Waals surface area contributed by atoms with E-state index >= 15 is 0 Å². The zero-order valence-corrected chi connectivity index (χ0v) is 12.5. The van der Waals surface area contributed by atoms with Crippen LogP contribution in [0.3, 0.4) is 0 Å². The number of carbonyl (C=O) groups is 2. The summed E-state index contributed by atoms with van der Waals surface area (Å²) in [6, 6.07) is 3.99. The molecule has 0 bridgehead atoms. The Morgan fingerprint density at radius 1 is 1.29 bits per heavy atom. The first-order valence-corrected chi connectivity index (χ1v) is 6.82. The second-order valence-corrected chi connectivity index (χ2v) is 5.00. The minimum atomic E-state index is -0.338. The summed E-state index contributed by atoms with van der Waals surface area (Å²) in [5.41, 5.74) is 3.92. The van der Waals surface area contributed by atoms with E-state index in [-0.39, 0.29) is 31.3 Å². The molecule has 0 aliphatic carbocycles. The lowest BCUT2D eigenvalue weighted by Crippen LogP contribution is -2.27. The molecule has 2 rings (SSSR count). The quantitative estimate of drug-likeness (QED) is 0.857. The van der Waals surface area contributed by atoms with Crippen LogP contribution < -0.4 is 5.32 Å². The van der Waals surface area contributed by atoms with Crippen LogP contribution in [0, 0.1) is 13.8 Å². The van der Waals surface area contributed by atoms with Gasteiger partial charge in [-0.05, 0) is 25.0 Å². The predicted octanol–water partition coefficient (Wildman–Crippen LogP) is 2.27. The number of rotatable bonds is 5. The molecule has 0 aliphatic heterocycles. The number of furan rings is 1. The van der Waals surface area contributed by atoms with Gasteiger partial charge in [0.2, 0.25) is 5.91 Å². The van der Waals surface area contributed by atoms with Gasteiger partial charge in [0.15, 0.2) is 0 Å². The second-order valence-electron chi connectivity index (χ2n) is 5.00. The molecule has 5 nitrogen and oxygen atoms in total. The van der Waals surface area contributed by atoms with Crippen molar-refractivity contribution in [1.29, 1.82) is 0 Å². The van der Waals surface area contributed by atoms with Crippen molar-refractivity contribution in [3.05, 3.63) is 35.1 Å². The van der Waals surface area contributed by atoms with Gasteiger partial charge in [-0.2, -0.15) is 0 Å². The lowest BCUT2D eigenvalue weighted by atomic mass is 10.0. The molecule has 112 valence electrons. The molecule has 0 radical (unpaired) electrons. The van der Waals surface area contributed by atoms with Crippen molar-refractivity contribution < 1.29 is 18.7 Å². The summed E-state index contributed by atoms with van der Waals surface area (Å²) in [5, 5.41) is 3.65. The first kappa shape index (κ1) is 15.1. The number of benzene rings is 1. The van der Waals surface area contributed by atoms with E-state index in [1.54, 1.807) is 6.26 Å². The number of esters is 1. The van der Waals surface area contributed by atoms with Crippen LogP contribution in [0.4, 0.5) is 0 Å². The van der Waals surface area contributed by atoms with Crippen molar-refractivity contribution in [1.82, 2.24) is 5.32 Å². The molecule has 1 N–H and O–H groups in total. The molecule has 0 unspecified atom stereocenters. The SMILES string of the molecule is COC(=O)CCNC(=O)Cc1coc2c(C)c(C)ccc12. The van der Waals surface area contributed by atoms with Gasteiger partial charge in [-0.1, -0.05) is 12.1 Å². The van der Waals surface area contributed by atoms with Crippen molar-refractivity contribution >= 4 is 22.8 Å². The Morgan fingerprint density at radius 2 is 2.05 bits per heavy atom. The summed E-state index contributed by atoms with van der Waals surface area (Å²) < 4.78 is 10.1. The maximum absolute atomic E-state index is 11.9. The lowest BCUT2D eigenvalue weighted by Gasteiger charge is -2.04. The molecule has 0 saturated carbocycles. The highest BCUT2D eigenvalue weighted by molar-refractivity contribution is 5.89. The Kier molecular flexibility index (Phi) is 4.62. The number of ether oxygens (including phenoxy) is 1. The maximum atomic E-state index is 11.9. The third kappa shape index (κ3) is 3.42. The first-order chi connectivity index (χ1) is 10.0. The summed E-state index contributed by atoms with van der Waals surface area (Å²) in [6.45, 7) is 4.30. The van der Waals surface area contributed by atoms with E-state index in [1.807, 2.05) is 26.0 Å². The predicted molar refractivity (Wildman–Crippen MR) is 79.0 cm³/mol. The number of methoxy groups -OCH3 is 1. The molecule has 0 fully saturated rings. The van der Waals surface area contributed by atoms with Crippen LogP contribution in [0.2, 0.25) is 0 Å². The summed E-state index contributed by atoms with van der Waals surface area (Å²) in [4.78, 5) is 22.8. The molecule has 0 spiro atoms. The van der Waals surface area contributed by atoms with Gasteiger partial charge in [0.05, 0.1) is 26.2 Å². The summed E-state index contributed by atoms with van der Waals surface area (Å²) in [7, 11) is 1.33. The Morgan fingerprint density at radius 3 is 2.76 bits per heavy atom. The molecule has 1 amide bonds. The van der Waals surface area contributed by atoms with Crippen LogP contribution in [-0.4, -0.2) is 25.5 Å². The van der Waals surface area contributed by atoms with E-state index < -0.39 is 0 Å². The average Bonchev–Trinajstić information content (AvgIpc) is 2.86. The van der Waals surface area contributed by atoms with Gasteiger partial charge in [-0.3, -0.25) is 9.59 Å². The maximum Gasteiger partial charge on any atom is 0.307 e. The van der Waals surface area contributed by atoms with E-state index in [2.05, 4.69) is 10.1 Å². The monoisotopic (exact) mass is 289 g/mol. The zero-order chi connectivity index (χ0) is 15.4. The van der Waals surface area contributed by atoms with Crippen LogP contribution in [0.1, 0.15) is 23.1 Å². The number of hydrogen-bond acceptors (Lipinski definition) is 4. The summed E-state index contributed by atoms with van der Waals surface area (Å²) >= 11 is 0. The van der Waals surface area contributed by atoms with E-state index in [0.717, 1.165) is 27.7 Å². The highest BCUT2D eigenvalue weighted by atomic mass is 16.5. The van der Waals surface area contributed by atoms with Gasteiger partial charge < -0.3 is 14.5 Å². The molecule has 1 aromatic carbocycles. The molecule has 5 heteroatoms. The Labute approximate surface area is 123 Å². The van der Waals surface area contributed by atoms with Crippen LogP contribution in [0.5, 0.6) is 0 Å². The Balaban J connectivity index is 2.02. The molecule has 2 aromatic rings. The molecule has 0 atom stereocenters. The van der Waals surface area contributed by atoms with E-state index in [4.69, 9.17) is 4.42 Å². The van der Waals surface area contributed by atoms with Crippen molar-refractivity contribution in [3.8, 4) is 0 Å². The van der Waals surface area contributed by atoms with E-state index in [0.29, 0.717) is 0 Å². The third-order valence-electron chi connectivity index (χ3n) is 3.57. The van der Waals surface area contributed by atoms with Crippen molar-refractivity contribution in [2.45, 2.75) is 26.7 Å². The average molecular weight is 289 g/mol. The molecule has 1 heterocycles. The number of hydrogen-bond donors (Lipinski definition) is 1. The fourth-order valence-corrected chi connectivity index (χ4v) is 2.17. The number of amides is 1. The minimum absolute atomic E-state index is 0.139. The molecular formula is C16H19NO4. The molecule has 0 saturated heterocycles. The number of carbonyl (C=O) groups excluding carboxylic acids is 2. The van der Waals surface area contributed by atoms with E-state index in [9.17, 15) is 9.59 Å². The Hall–Kier alpha value is -2.30. The largest absolute Gasteiger partial charge is 0.469 e. The summed E-state index contributed by atoms with van der Waals surface area (Å²) in [6.07, 6.45) is 2.03. The second kappa shape index (κ2) is 6.43. The van der Waals surface area contributed by atoms with Gasteiger partial charge in [-0.15, -0.1) is 0 Å². The lowest BCUT2D eigenvalue weighted by molar-refractivity contribution is -0.140. The van der Waals surface area contributed by atoms with Crippen molar-refractivity contribution in [2.75, 3.05) is 13.7 Å². The number of nitrogens with one attached hydrogen (secondary N) is 1. The third-order valence-corrected chi connectivity index (χ3v) is 3.57. The molecular weight excluding hydrogens is 270 g/mol. The highest BCUT2D eigenvalue weighted by Gasteiger charge is 2.13. The van der Waals surface area contributed by atoms with Crippen molar-refractivity contribution in [2.24, 2.45) is 0 Å². The normalized spacial score (nSPS) is 10.6. The Bertz CT molecular complexity index is 672. The number of fused-ring (bicyclic) bond motifs is 1. The van der Waals surface area contributed by atoms with Crippen LogP contribution in [0.15, 0.2) is 22.8 Å². The fraction of sp³-hybridized carbons (Fsp3) is 0.375. The van der Waals surface area contributed by atoms with Gasteiger partial charge in [0, 0.05) is 17.5 Å². The molecule has 0 aliphatic rings. The number of aryl methyl sites for hydroxylation is 2. The molecule has 1 aromatic heterocycles. The van der Waals surface area contributed by atoms with Gasteiger partial charge >= 0.3 is 5.97 Å². The fourth-order valence-electron chi connectivity index (χ4n) is 2.17. The van der Waals surface area contributed by atoms with E-state index in [1.165, 1.54) is 7.11 Å². The minimum Gasteiger partial charge on any atom is -0.469 e. The van der Waals surface area contributed by atoms with Crippen LogP contribution in [-0.2, 0) is 20.7 Å². The van der Waals surface area contributed by atoms with Gasteiger partial charge in [0.1, 0.15) is 5.58 Å². The zero-order valence-electron chi connectivity index (χ0n) is 12.5. The highest BCUT2D eigenvalue weighted by Crippen LogP contribution is 2.26. The smallest absolute Gasteiger partial charge is 0.307 e. The topological polar surface area (TPSA) is 68.5 Å². The molecule has 21 heavy (non-hydrogen) atoms. The van der Waals surface area contributed by atoms with Crippen LogP contribution in [0.25, 0.3) is 11.0 Å².